The van der Waals surface area contributed by atoms with Crippen LogP contribution >= 0.6 is 15.9 Å². The van der Waals surface area contributed by atoms with Crippen LogP contribution in [0.3, 0.4) is 0 Å². The van der Waals surface area contributed by atoms with Crippen LogP contribution in [0.4, 0.5) is 5.69 Å². The Labute approximate surface area is 176 Å². The van der Waals surface area contributed by atoms with Gasteiger partial charge in [0.2, 0.25) is 5.91 Å². The molecule has 0 N–H and O–H groups in total. The highest BCUT2D eigenvalue weighted by molar-refractivity contribution is 9.10. The van der Waals surface area contributed by atoms with Crippen molar-refractivity contribution in [3.63, 3.8) is 0 Å². The molecule has 1 aliphatic heterocycles. The summed E-state index contributed by atoms with van der Waals surface area (Å²) in [5.74, 6) is 0.681. The number of halogens is 1. The van der Waals surface area contributed by atoms with Crippen molar-refractivity contribution in [2.75, 3.05) is 25.1 Å². The number of para-hydroxylation sites is 1. The van der Waals surface area contributed by atoms with Gasteiger partial charge in [-0.1, -0.05) is 34.1 Å². The molecule has 2 amide bonds. The Bertz CT molecular complexity index is 1120. The van der Waals surface area contributed by atoms with Gasteiger partial charge in [-0.2, -0.15) is 0 Å². The van der Waals surface area contributed by atoms with E-state index in [9.17, 15) is 9.59 Å². The number of aryl methyl sites for hydroxylation is 1. The number of aromatic nitrogens is 2. The number of hydrogen-bond donors (Lipinski definition) is 0. The molecule has 0 bridgehead atoms. The van der Waals surface area contributed by atoms with Gasteiger partial charge in [-0.25, -0.2) is 9.97 Å². The number of nitrogens with zero attached hydrogens (tertiary/aromatic N) is 4. The smallest absolute Gasteiger partial charge is 0.265 e. The third kappa shape index (κ3) is 3.93. The molecule has 3 aromatic rings. The molecule has 0 fully saturated rings. The fourth-order valence-corrected chi connectivity index (χ4v) is 3.61. The number of benzene rings is 2. The number of amides is 2. The summed E-state index contributed by atoms with van der Waals surface area (Å²) < 4.78 is 6.32. The fraction of sp³-hybridized carbons (Fsp3) is 0.238. The Morgan fingerprint density at radius 1 is 1.24 bits per heavy atom. The normalized spacial score (nSPS) is 13.2. The molecule has 0 saturated heterocycles. The van der Waals surface area contributed by atoms with E-state index in [1.54, 1.807) is 19.2 Å². The summed E-state index contributed by atoms with van der Waals surface area (Å²) in [6.07, 6.45) is 0. The first-order valence-electron chi connectivity index (χ1n) is 9.11. The van der Waals surface area contributed by atoms with Gasteiger partial charge in [0.15, 0.2) is 6.61 Å². The second-order valence-corrected chi connectivity index (χ2v) is 7.79. The van der Waals surface area contributed by atoms with Gasteiger partial charge in [0.1, 0.15) is 18.1 Å². The van der Waals surface area contributed by atoms with Gasteiger partial charge in [-0.05, 0) is 31.2 Å². The summed E-state index contributed by atoms with van der Waals surface area (Å²) in [5.41, 5.74) is 2.30. The molecule has 2 heterocycles. The highest BCUT2D eigenvalue weighted by atomic mass is 79.9. The van der Waals surface area contributed by atoms with Crippen LogP contribution in [0.5, 0.6) is 5.75 Å². The van der Waals surface area contributed by atoms with E-state index in [1.807, 2.05) is 37.3 Å². The first-order chi connectivity index (χ1) is 13.9. The maximum absolute atomic E-state index is 12.8. The standard InChI is InChI=1S/C21H19BrN4O3/c1-13-15-5-3-4-6-16(15)24-19(23-13)10-25(2)20(27)11-26-17-8-7-14(22)9-18(17)29-12-21(26)28/h3-9H,10-12H2,1-2H3. The molecule has 0 unspecified atom stereocenters. The molecule has 29 heavy (non-hydrogen) atoms. The van der Waals surface area contributed by atoms with E-state index in [0.717, 1.165) is 21.1 Å². The average Bonchev–Trinajstić information content (AvgIpc) is 2.70. The van der Waals surface area contributed by atoms with Crippen LogP contribution in [0, 0.1) is 6.92 Å². The highest BCUT2D eigenvalue weighted by Gasteiger charge is 2.28. The molecule has 2 aromatic carbocycles. The van der Waals surface area contributed by atoms with Crippen molar-refractivity contribution in [3.8, 4) is 5.75 Å². The Morgan fingerprint density at radius 2 is 2.03 bits per heavy atom. The first-order valence-corrected chi connectivity index (χ1v) is 9.90. The topological polar surface area (TPSA) is 75.6 Å². The van der Waals surface area contributed by atoms with Crippen LogP contribution in [0.2, 0.25) is 0 Å². The largest absolute Gasteiger partial charge is 0.482 e. The summed E-state index contributed by atoms with van der Waals surface area (Å²) in [7, 11) is 1.68. The zero-order valence-electron chi connectivity index (χ0n) is 16.1. The minimum atomic E-state index is -0.251. The Kier molecular flexibility index (Phi) is 5.19. The van der Waals surface area contributed by atoms with Crippen molar-refractivity contribution in [2.45, 2.75) is 13.5 Å². The number of ether oxygens (including phenoxy) is 1. The number of hydrogen-bond acceptors (Lipinski definition) is 5. The summed E-state index contributed by atoms with van der Waals surface area (Å²) in [4.78, 5) is 37.2. The predicted octanol–water partition coefficient (Wildman–Crippen LogP) is 3.08. The van der Waals surface area contributed by atoms with Gasteiger partial charge in [0.05, 0.1) is 17.7 Å². The average molecular weight is 455 g/mol. The molecule has 0 spiro atoms. The molecule has 1 aliphatic rings. The molecule has 8 heteroatoms. The van der Waals surface area contributed by atoms with Crippen LogP contribution in [0.15, 0.2) is 46.9 Å². The molecule has 7 nitrogen and oxygen atoms in total. The van der Waals surface area contributed by atoms with Gasteiger partial charge in [0, 0.05) is 22.6 Å². The van der Waals surface area contributed by atoms with Gasteiger partial charge in [0.25, 0.3) is 5.91 Å². The maximum Gasteiger partial charge on any atom is 0.265 e. The van der Waals surface area contributed by atoms with E-state index in [2.05, 4.69) is 25.9 Å². The van der Waals surface area contributed by atoms with E-state index in [4.69, 9.17) is 4.74 Å². The lowest BCUT2D eigenvalue weighted by Gasteiger charge is -2.30. The zero-order valence-corrected chi connectivity index (χ0v) is 17.6. The van der Waals surface area contributed by atoms with Crippen LogP contribution in [-0.2, 0) is 16.1 Å². The van der Waals surface area contributed by atoms with E-state index in [0.29, 0.717) is 17.3 Å². The molecule has 0 aliphatic carbocycles. The van der Waals surface area contributed by atoms with E-state index in [-0.39, 0.29) is 31.5 Å². The number of carbonyl (C=O) groups excluding carboxylic acids is 2. The van der Waals surface area contributed by atoms with Crippen molar-refractivity contribution in [3.05, 3.63) is 58.5 Å². The Morgan fingerprint density at radius 3 is 2.86 bits per heavy atom. The lowest BCUT2D eigenvalue weighted by molar-refractivity contribution is -0.131. The van der Waals surface area contributed by atoms with Crippen molar-refractivity contribution < 1.29 is 14.3 Å². The van der Waals surface area contributed by atoms with E-state index < -0.39 is 0 Å². The van der Waals surface area contributed by atoms with Gasteiger partial charge < -0.3 is 9.64 Å². The van der Waals surface area contributed by atoms with Crippen molar-refractivity contribution in [1.29, 1.82) is 0 Å². The molecule has 4 rings (SSSR count). The highest BCUT2D eigenvalue weighted by Crippen LogP contribution is 2.34. The lowest BCUT2D eigenvalue weighted by atomic mass is 10.2. The van der Waals surface area contributed by atoms with Crippen molar-refractivity contribution in [1.82, 2.24) is 14.9 Å². The number of carbonyl (C=O) groups is 2. The fourth-order valence-electron chi connectivity index (χ4n) is 3.27. The quantitative estimate of drug-likeness (QED) is 0.605. The number of anilines is 1. The second kappa shape index (κ2) is 7.79. The van der Waals surface area contributed by atoms with Crippen molar-refractivity contribution >= 4 is 44.3 Å². The molecule has 0 saturated carbocycles. The van der Waals surface area contributed by atoms with Crippen molar-refractivity contribution in [2.24, 2.45) is 0 Å². The first kappa shape index (κ1) is 19.3. The number of likely N-dealkylation sites (N-methyl/N-ethyl adjacent to an activating group) is 1. The lowest BCUT2D eigenvalue weighted by Crippen LogP contribution is -2.45. The van der Waals surface area contributed by atoms with E-state index in [1.165, 1.54) is 9.80 Å². The maximum atomic E-state index is 12.8. The summed E-state index contributed by atoms with van der Waals surface area (Å²) >= 11 is 3.39. The Balaban J connectivity index is 1.51. The molecule has 0 radical (unpaired) electrons. The molecule has 1 aromatic heterocycles. The van der Waals surface area contributed by atoms with Gasteiger partial charge >= 0.3 is 0 Å². The number of rotatable bonds is 4. The van der Waals surface area contributed by atoms with Gasteiger partial charge in [-0.3, -0.25) is 14.5 Å². The van der Waals surface area contributed by atoms with Crippen LogP contribution in [0.25, 0.3) is 10.9 Å². The summed E-state index contributed by atoms with van der Waals surface area (Å²) in [6.45, 7) is 2.03. The minimum Gasteiger partial charge on any atom is -0.482 e. The molecule has 148 valence electrons. The number of fused-ring (bicyclic) bond motifs is 2. The van der Waals surface area contributed by atoms with Crippen LogP contribution < -0.4 is 9.64 Å². The molecular formula is C21H19BrN4O3. The van der Waals surface area contributed by atoms with Crippen LogP contribution in [0.1, 0.15) is 11.5 Å². The summed E-state index contributed by atoms with van der Waals surface area (Å²) in [6, 6.07) is 13.1. The second-order valence-electron chi connectivity index (χ2n) is 6.87. The Hall–Kier alpha value is -3.00. The third-order valence-electron chi connectivity index (χ3n) is 4.80. The predicted molar refractivity (Wildman–Crippen MR) is 113 cm³/mol. The molecular weight excluding hydrogens is 436 g/mol. The third-order valence-corrected chi connectivity index (χ3v) is 5.30. The summed E-state index contributed by atoms with van der Waals surface area (Å²) in [5, 5.41) is 0.993. The molecule has 0 atom stereocenters. The zero-order chi connectivity index (χ0) is 20.5. The van der Waals surface area contributed by atoms with Gasteiger partial charge in [-0.15, -0.1) is 0 Å². The monoisotopic (exact) mass is 454 g/mol. The van der Waals surface area contributed by atoms with Crippen LogP contribution in [-0.4, -0.2) is 46.9 Å². The van der Waals surface area contributed by atoms with E-state index >= 15 is 0 Å². The minimum absolute atomic E-state index is 0.0696. The SMILES string of the molecule is Cc1nc(CN(C)C(=O)CN2C(=O)COc3cc(Br)ccc32)nc2ccccc12.